The van der Waals surface area contributed by atoms with Crippen molar-refractivity contribution in [2.75, 3.05) is 20.1 Å². The van der Waals surface area contributed by atoms with Crippen LogP contribution in [0.4, 0.5) is 0 Å². The van der Waals surface area contributed by atoms with Crippen LogP contribution in [0.1, 0.15) is 37.8 Å². The van der Waals surface area contributed by atoms with Gasteiger partial charge < -0.3 is 5.73 Å². The molecule has 21 heavy (non-hydrogen) atoms. The molecule has 116 valence electrons. The van der Waals surface area contributed by atoms with Gasteiger partial charge in [0.15, 0.2) is 0 Å². The molecule has 1 aromatic carbocycles. The summed E-state index contributed by atoms with van der Waals surface area (Å²) in [6.45, 7) is 4.43. The number of nitrogens with zero attached hydrogens (tertiary/aromatic N) is 2. The van der Waals surface area contributed by atoms with E-state index in [1.165, 1.54) is 29.3 Å². The lowest BCUT2D eigenvalue weighted by molar-refractivity contribution is 0.155. The lowest BCUT2D eigenvalue weighted by Gasteiger charge is -2.36. The summed E-state index contributed by atoms with van der Waals surface area (Å²) in [6.07, 6.45) is 3.97. The van der Waals surface area contributed by atoms with Crippen LogP contribution in [0.2, 0.25) is 0 Å². The number of likely N-dealkylation sites (tertiary alicyclic amines) is 1. The summed E-state index contributed by atoms with van der Waals surface area (Å²) in [7, 11) is 2.30. The first-order chi connectivity index (χ1) is 10.1. The van der Waals surface area contributed by atoms with Crippen molar-refractivity contribution in [3.05, 3.63) is 34.3 Å². The Morgan fingerprint density at radius 2 is 1.90 bits per heavy atom. The first-order valence-electron chi connectivity index (χ1n) is 8.04. The molecule has 2 fully saturated rings. The molecule has 0 amide bonds. The molecule has 2 aliphatic rings. The number of benzene rings is 1. The molecular weight excluding hydrogens is 326 g/mol. The van der Waals surface area contributed by atoms with Gasteiger partial charge in [-0.05, 0) is 44.9 Å². The smallest absolute Gasteiger partial charge is 0.0508 e. The lowest BCUT2D eigenvalue weighted by Crippen LogP contribution is -2.44. The summed E-state index contributed by atoms with van der Waals surface area (Å²) in [5.41, 5.74) is 7.70. The Morgan fingerprint density at radius 3 is 2.62 bits per heavy atom. The molecule has 2 aliphatic heterocycles. The van der Waals surface area contributed by atoms with E-state index in [1.54, 1.807) is 0 Å². The molecule has 2 bridgehead atoms. The molecule has 2 N–H and O–H groups in total. The fraction of sp³-hybridized carbons (Fsp3) is 0.647. The van der Waals surface area contributed by atoms with Crippen molar-refractivity contribution in [3.8, 4) is 0 Å². The van der Waals surface area contributed by atoms with E-state index in [1.807, 2.05) is 0 Å². The van der Waals surface area contributed by atoms with E-state index < -0.39 is 0 Å². The third-order valence-corrected chi connectivity index (χ3v) is 6.02. The van der Waals surface area contributed by atoms with Crippen molar-refractivity contribution < 1.29 is 0 Å². The molecule has 0 saturated carbocycles. The number of hydrogen-bond acceptors (Lipinski definition) is 3. The van der Waals surface area contributed by atoms with Crippen molar-refractivity contribution in [1.82, 2.24) is 9.80 Å². The van der Waals surface area contributed by atoms with Crippen molar-refractivity contribution in [1.29, 1.82) is 0 Å². The lowest BCUT2D eigenvalue weighted by atomic mass is 9.97. The molecule has 4 unspecified atom stereocenters. The van der Waals surface area contributed by atoms with Gasteiger partial charge in [0, 0.05) is 35.7 Å². The van der Waals surface area contributed by atoms with Crippen LogP contribution in [-0.2, 0) is 0 Å². The van der Waals surface area contributed by atoms with Gasteiger partial charge in [-0.25, -0.2) is 0 Å². The van der Waals surface area contributed by atoms with Crippen LogP contribution in [0.5, 0.6) is 0 Å². The predicted octanol–water partition coefficient (Wildman–Crippen LogP) is 3.01. The van der Waals surface area contributed by atoms with Crippen LogP contribution >= 0.6 is 15.9 Å². The standard InChI is InChI=1S/C17H26BrN3/c1-12(19)17(15-5-3-4-6-16(15)18)21-10-9-13-7-8-14(11-21)20(13)2/h3-6,12-14,17H,7-11,19H2,1-2H3. The van der Waals surface area contributed by atoms with Crippen molar-refractivity contribution in [3.63, 3.8) is 0 Å². The average Bonchev–Trinajstić information content (AvgIpc) is 2.68. The molecule has 2 heterocycles. The largest absolute Gasteiger partial charge is 0.326 e. The second-order valence-electron chi connectivity index (χ2n) is 6.66. The molecule has 0 aliphatic carbocycles. The monoisotopic (exact) mass is 351 g/mol. The average molecular weight is 352 g/mol. The second-order valence-corrected chi connectivity index (χ2v) is 7.51. The summed E-state index contributed by atoms with van der Waals surface area (Å²) >= 11 is 3.71. The molecule has 3 nitrogen and oxygen atoms in total. The summed E-state index contributed by atoms with van der Waals surface area (Å²) in [4.78, 5) is 5.21. The van der Waals surface area contributed by atoms with E-state index in [0.717, 1.165) is 19.1 Å². The maximum Gasteiger partial charge on any atom is 0.0508 e. The number of likely N-dealkylation sites (N-methyl/N-ethyl adjacent to an activating group) is 1. The van der Waals surface area contributed by atoms with Gasteiger partial charge in [0.1, 0.15) is 0 Å². The number of fused-ring (bicyclic) bond motifs is 2. The fourth-order valence-electron chi connectivity index (χ4n) is 4.12. The van der Waals surface area contributed by atoms with E-state index in [0.29, 0.717) is 12.1 Å². The molecule has 4 atom stereocenters. The zero-order valence-electron chi connectivity index (χ0n) is 13.0. The second kappa shape index (κ2) is 6.37. The van der Waals surface area contributed by atoms with Gasteiger partial charge >= 0.3 is 0 Å². The first-order valence-corrected chi connectivity index (χ1v) is 8.83. The maximum absolute atomic E-state index is 6.38. The number of halogens is 1. The zero-order valence-corrected chi connectivity index (χ0v) is 14.6. The molecular formula is C17H26BrN3. The molecule has 2 saturated heterocycles. The summed E-state index contributed by atoms with van der Waals surface area (Å²) in [6, 6.07) is 10.4. The van der Waals surface area contributed by atoms with Crippen molar-refractivity contribution in [2.45, 2.75) is 50.4 Å². The highest BCUT2D eigenvalue weighted by Crippen LogP contribution is 2.35. The van der Waals surface area contributed by atoms with Crippen molar-refractivity contribution >= 4 is 15.9 Å². The van der Waals surface area contributed by atoms with Crippen LogP contribution in [0.3, 0.4) is 0 Å². The van der Waals surface area contributed by atoms with E-state index in [-0.39, 0.29) is 6.04 Å². The van der Waals surface area contributed by atoms with E-state index in [2.05, 4.69) is 64.0 Å². The number of nitrogens with two attached hydrogens (primary N) is 1. The van der Waals surface area contributed by atoms with Crippen LogP contribution in [0, 0.1) is 0 Å². The fourth-order valence-corrected chi connectivity index (χ4v) is 4.63. The van der Waals surface area contributed by atoms with Crippen LogP contribution in [0.15, 0.2) is 28.7 Å². The topological polar surface area (TPSA) is 32.5 Å². The Kier molecular flexibility index (Phi) is 4.69. The van der Waals surface area contributed by atoms with E-state index >= 15 is 0 Å². The molecule has 3 rings (SSSR count). The van der Waals surface area contributed by atoms with Gasteiger partial charge in [0.25, 0.3) is 0 Å². The highest BCUT2D eigenvalue weighted by atomic mass is 79.9. The van der Waals surface area contributed by atoms with Gasteiger partial charge in [-0.1, -0.05) is 34.1 Å². The Balaban J connectivity index is 1.86. The summed E-state index contributed by atoms with van der Waals surface area (Å²) < 4.78 is 1.18. The third kappa shape index (κ3) is 3.04. The predicted molar refractivity (Wildman–Crippen MR) is 91.3 cm³/mol. The minimum atomic E-state index is 0.130. The third-order valence-electron chi connectivity index (χ3n) is 5.30. The van der Waals surface area contributed by atoms with E-state index in [9.17, 15) is 0 Å². The summed E-state index contributed by atoms with van der Waals surface area (Å²) in [5.74, 6) is 0. The quantitative estimate of drug-likeness (QED) is 0.908. The minimum absolute atomic E-state index is 0.130. The van der Waals surface area contributed by atoms with Gasteiger partial charge in [-0.3, -0.25) is 9.80 Å². The molecule has 0 spiro atoms. The van der Waals surface area contributed by atoms with Crippen LogP contribution in [-0.4, -0.2) is 48.1 Å². The van der Waals surface area contributed by atoms with Crippen molar-refractivity contribution in [2.24, 2.45) is 5.73 Å². The van der Waals surface area contributed by atoms with Gasteiger partial charge in [0.2, 0.25) is 0 Å². The highest BCUT2D eigenvalue weighted by Gasteiger charge is 2.37. The molecule has 0 radical (unpaired) electrons. The van der Waals surface area contributed by atoms with E-state index in [4.69, 9.17) is 5.73 Å². The van der Waals surface area contributed by atoms with Gasteiger partial charge in [-0.2, -0.15) is 0 Å². The highest BCUT2D eigenvalue weighted by molar-refractivity contribution is 9.10. The Hall–Kier alpha value is -0.420. The molecule has 0 aromatic heterocycles. The Bertz CT molecular complexity index is 491. The van der Waals surface area contributed by atoms with Gasteiger partial charge in [-0.15, -0.1) is 0 Å². The minimum Gasteiger partial charge on any atom is -0.326 e. The molecule has 4 heteroatoms. The van der Waals surface area contributed by atoms with Crippen LogP contribution in [0.25, 0.3) is 0 Å². The van der Waals surface area contributed by atoms with Gasteiger partial charge in [0.05, 0.1) is 6.04 Å². The Labute approximate surface area is 136 Å². The zero-order chi connectivity index (χ0) is 15.0. The molecule has 1 aromatic rings. The Morgan fingerprint density at radius 1 is 1.19 bits per heavy atom. The SMILES string of the molecule is CC(N)C(c1ccccc1Br)N1CCC2CCC(C1)N2C. The normalized spacial score (nSPS) is 30.1. The maximum atomic E-state index is 6.38. The van der Waals surface area contributed by atoms with Crippen LogP contribution < -0.4 is 5.73 Å². The summed E-state index contributed by atoms with van der Waals surface area (Å²) in [5, 5.41) is 0. The first kappa shape index (κ1) is 15.5. The number of rotatable bonds is 3. The number of hydrogen-bond donors (Lipinski definition) is 1.